The molecular weight excluding hydrogens is 304 g/mol. The Labute approximate surface area is 124 Å². The highest BCUT2D eigenvalue weighted by molar-refractivity contribution is 9.10. The van der Waals surface area contributed by atoms with Crippen LogP contribution in [0.25, 0.3) is 0 Å². The molecule has 1 aromatic carbocycles. The van der Waals surface area contributed by atoms with Crippen molar-refractivity contribution < 1.29 is 4.74 Å². The van der Waals surface area contributed by atoms with E-state index < -0.39 is 0 Å². The molecule has 1 N–H and O–H groups in total. The minimum absolute atomic E-state index is 0.363. The largest absolute Gasteiger partial charge is 0.380 e. The van der Waals surface area contributed by atoms with Gasteiger partial charge in [-0.15, -0.1) is 0 Å². The molecule has 0 amide bonds. The molecular formula is C15H23BrN2O. The molecule has 1 saturated heterocycles. The van der Waals surface area contributed by atoms with Crippen molar-refractivity contribution in [3.05, 3.63) is 28.2 Å². The third kappa shape index (κ3) is 3.94. The minimum atomic E-state index is 0.363. The summed E-state index contributed by atoms with van der Waals surface area (Å²) in [5, 5.41) is 3.51. The number of nitrogens with one attached hydrogen (secondary N) is 1. The van der Waals surface area contributed by atoms with Crippen LogP contribution in [-0.2, 0) is 4.74 Å². The normalized spacial score (nSPS) is 18.2. The molecule has 1 fully saturated rings. The van der Waals surface area contributed by atoms with Gasteiger partial charge in [0.2, 0.25) is 0 Å². The maximum atomic E-state index is 5.55. The lowest BCUT2D eigenvalue weighted by Crippen LogP contribution is -2.29. The van der Waals surface area contributed by atoms with E-state index in [-0.39, 0.29) is 0 Å². The SMILES string of the molecule is CCNC(C)c1cc(Br)ccc1N1CCCOCC1. The van der Waals surface area contributed by atoms with Gasteiger partial charge in [-0.2, -0.15) is 0 Å². The summed E-state index contributed by atoms with van der Waals surface area (Å²) in [6.45, 7) is 9.12. The highest BCUT2D eigenvalue weighted by Crippen LogP contribution is 2.30. The van der Waals surface area contributed by atoms with Crippen LogP contribution in [0.1, 0.15) is 31.9 Å². The van der Waals surface area contributed by atoms with E-state index in [4.69, 9.17) is 4.74 Å². The summed E-state index contributed by atoms with van der Waals surface area (Å²) in [4.78, 5) is 2.45. The van der Waals surface area contributed by atoms with Gasteiger partial charge in [0.05, 0.1) is 6.61 Å². The number of ether oxygens (including phenoxy) is 1. The smallest absolute Gasteiger partial charge is 0.0641 e. The molecule has 19 heavy (non-hydrogen) atoms. The van der Waals surface area contributed by atoms with Crippen LogP contribution >= 0.6 is 15.9 Å². The molecule has 0 aliphatic carbocycles. The minimum Gasteiger partial charge on any atom is -0.380 e. The second-order valence-corrected chi connectivity index (χ2v) is 5.85. The number of rotatable bonds is 4. The number of anilines is 1. The first kappa shape index (κ1) is 14.8. The molecule has 0 radical (unpaired) electrons. The second-order valence-electron chi connectivity index (χ2n) is 4.94. The molecule has 1 heterocycles. The Kier molecular flexibility index (Phi) is 5.67. The van der Waals surface area contributed by atoms with E-state index in [9.17, 15) is 0 Å². The average Bonchev–Trinajstić information content (AvgIpc) is 2.68. The molecule has 3 nitrogen and oxygen atoms in total. The quantitative estimate of drug-likeness (QED) is 0.918. The Morgan fingerprint density at radius 1 is 1.37 bits per heavy atom. The predicted octanol–water partition coefficient (Wildman–Crippen LogP) is 3.35. The third-order valence-corrected chi connectivity index (χ3v) is 4.02. The standard InChI is InChI=1S/C15H23BrN2O/c1-3-17-12(2)14-11-13(16)5-6-15(14)18-7-4-9-19-10-8-18/h5-6,11-12,17H,3-4,7-10H2,1-2H3. The number of halogens is 1. The summed E-state index contributed by atoms with van der Waals surface area (Å²) in [6, 6.07) is 6.94. The van der Waals surface area contributed by atoms with Crippen LogP contribution in [-0.4, -0.2) is 32.8 Å². The summed E-state index contributed by atoms with van der Waals surface area (Å²) in [6.07, 6.45) is 1.10. The van der Waals surface area contributed by atoms with Crippen LogP contribution in [0.15, 0.2) is 22.7 Å². The van der Waals surface area contributed by atoms with Crippen molar-refractivity contribution in [2.24, 2.45) is 0 Å². The molecule has 2 rings (SSSR count). The van der Waals surface area contributed by atoms with E-state index in [1.54, 1.807) is 0 Å². The van der Waals surface area contributed by atoms with Gasteiger partial charge >= 0.3 is 0 Å². The van der Waals surface area contributed by atoms with Gasteiger partial charge in [-0.05, 0) is 43.7 Å². The number of benzene rings is 1. The van der Waals surface area contributed by atoms with Crippen LogP contribution in [0, 0.1) is 0 Å². The zero-order chi connectivity index (χ0) is 13.7. The van der Waals surface area contributed by atoms with E-state index in [2.05, 4.69) is 58.2 Å². The Morgan fingerprint density at radius 2 is 2.21 bits per heavy atom. The van der Waals surface area contributed by atoms with Gasteiger partial charge in [-0.3, -0.25) is 0 Å². The van der Waals surface area contributed by atoms with Crippen molar-refractivity contribution in [3.63, 3.8) is 0 Å². The Morgan fingerprint density at radius 3 is 3.00 bits per heavy atom. The molecule has 0 aromatic heterocycles. The van der Waals surface area contributed by atoms with Gasteiger partial charge in [-0.1, -0.05) is 22.9 Å². The molecule has 1 aliphatic rings. The fourth-order valence-electron chi connectivity index (χ4n) is 2.56. The van der Waals surface area contributed by atoms with E-state index in [0.717, 1.165) is 43.7 Å². The van der Waals surface area contributed by atoms with Crippen molar-refractivity contribution in [2.45, 2.75) is 26.3 Å². The average molecular weight is 327 g/mol. The molecule has 1 aliphatic heterocycles. The second kappa shape index (κ2) is 7.27. The molecule has 1 aromatic rings. The highest BCUT2D eigenvalue weighted by atomic mass is 79.9. The van der Waals surface area contributed by atoms with E-state index >= 15 is 0 Å². The summed E-state index contributed by atoms with van der Waals surface area (Å²) in [5.41, 5.74) is 2.69. The molecule has 1 unspecified atom stereocenters. The lowest BCUT2D eigenvalue weighted by molar-refractivity contribution is 0.152. The summed E-state index contributed by atoms with van der Waals surface area (Å²) < 4.78 is 6.69. The lowest BCUT2D eigenvalue weighted by atomic mass is 10.0. The molecule has 0 spiro atoms. The number of nitrogens with zero attached hydrogens (tertiary/aromatic N) is 1. The highest BCUT2D eigenvalue weighted by Gasteiger charge is 2.17. The van der Waals surface area contributed by atoms with Gasteiger partial charge < -0.3 is 15.0 Å². The summed E-state index contributed by atoms with van der Waals surface area (Å²) >= 11 is 3.58. The fraction of sp³-hybridized carbons (Fsp3) is 0.600. The zero-order valence-corrected chi connectivity index (χ0v) is 13.4. The first-order chi connectivity index (χ1) is 9.22. The van der Waals surface area contributed by atoms with E-state index in [0.29, 0.717) is 6.04 Å². The van der Waals surface area contributed by atoms with E-state index in [1.807, 2.05) is 0 Å². The monoisotopic (exact) mass is 326 g/mol. The van der Waals surface area contributed by atoms with Crippen molar-refractivity contribution in [1.82, 2.24) is 5.32 Å². The first-order valence-corrected chi connectivity index (χ1v) is 7.87. The van der Waals surface area contributed by atoms with Crippen LogP contribution < -0.4 is 10.2 Å². The van der Waals surface area contributed by atoms with Gasteiger partial charge in [0.25, 0.3) is 0 Å². The van der Waals surface area contributed by atoms with Crippen molar-refractivity contribution in [1.29, 1.82) is 0 Å². The first-order valence-electron chi connectivity index (χ1n) is 7.08. The van der Waals surface area contributed by atoms with Crippen molar-refractivity contribution in [2.75, 3.05) is 37.7 Å². The number of hydrogen-bond acceptors (Lipinski definition) is 3. The topological polar surface area (TPSA) is 24.5 Å². The molecule has 106 valence electrons. The van der Waals surface area contributed by atoms with Crippen LogP contribution in [0.3, 0.4) is 0 Å². The maximum Gasteiger partial charge on any atom is 0.0641 e. The third-order valence-electron chi connectivity index (χ3n) is 3.53. The molecule has 4 heteroatoms. The van der Waals surface area contributed by atoms with Crippen molar-refractivity contribution >= 4 is 21.6 Å². The maximum absolute atomic E-state index is 5.55. The predicted molar refractivity (Wildman–Crippen MR) is 83.9 cm³/mol. The van der Waals surface area contributed by atoms with Crippen LogP contribution in [0.2, 0.25) is 0 Å². The van der Waals surface area contributed by atoms with Crippen molar-refractivity contribution in [3.8, 4) is 0 Å². The summed E-state index contributed by atoms with van der Waals surface area (Å²) in [7, 11) is 0. The fourth-order valence-corrected chi connectivity index (χ4v) is 2.94. The molecule has 0 bridgehead atoms. The lowest BCUT2D eigenvalue weighted by Gasteiger charge is -2.27. The van der Waals surface area contributed by atoms with Gasteiger partial charge in [0.15, 0.2) is 0 Å². The Balaban J connectivity index is 2.26. The van der Waals surface area contributed by atoms with Crippen LogP contribution in [0.4, 0.5) is 5.69 Å². The molecule has 0 saturated carbocycles. The van der Waals surface area contributed by atoms with Gasteiger partial charge in [-0.25, -0.2) is 0 Å². The van der Waals surface area contributed by atoms with Crippen LogP contribution in [0.5, 0.6) is 0 Å². The van der Waals surface area contributed by atoms with Gasteiger partial charge in [0.1, 0.15) is 0 Å². The zero-order valence-electron chi connectivity index (χ0n) is 11.8. The number of hydrogen-bond donors (Lipinski definition) is 1. The van der Waals surface area contributed by atoms with E-state index in [1.165, 1.54) is 11.3 Å². The molecule has 1 atom stereocenters. The Hall–Kier alpha value is -0.580. The Bertz CT molecular complexity index is 403. The van der Waals surface area contributed by atoms with Gasteiger partial charge in [0, 0.05) is 35.9 Å². The summed E-state index contributed by atoms with van der Waals surface area (Å²) in [5.74, 6) is 0.